The highest BCUT2D eigenvalue weighted by atomic mass is 19.4. The molecule has 1 amide bonds. The number of nitrogens with one attached hydrogen (secondary N) is 1. The number of halogens is 5. The lowest BCUT2D eigenvalue weighted by atomic mass is 10.1. The van der Waals surface area contributed by atoms with Crippen molar-refractivity contribution in [2.45, 2.75) is 12.7 Å². The highest BCUT2D eigenvalue weighted by Crippen LogP contribution is 2.33. The highest BCUT2D eigenvalue weighted by molar-refractivity contribution is 6.04. The van der Waals surface area contributed by atoms with Gasteiger partial charge in [0.1, 0.15) is 17.2 Å². The molecule has 0 atom stereocenters. The van der Waals surface area contributed by atoms with Crippen LogP contribution in [0.1, 0.15) is 21.5 Å². The standard InChI is InChI=1S/C18H13F5N4O/c19-13-2-1-3-14(20)16(13)17(28)25-15-6-7-27(26-15)9-10-8-11(24)4-5-12(10)18(21,22)23/h1-8H,9,24H2,(H,25,26,28). The molecule has 5 nitrogen and oxygen atoms in total. The smallest absolute Gasteiger partial charge is 0.399 e. The fourth-order valence-electron chi connectivity index (χ4n) is 2.61. The van der Waals surface area contributed by atoms with Crippen molar-refractivity contribution in [1.82, 2.24) is 9.78 Å². The number of hydrogen-bond acceptors (Lipinski definition) is 3. The fraction of sp³-hybridized carbons (Fsp3) is 0.111. The number of alkyl halides is 3. The van der Waals surface area contributed by atoms with Crippen LogP contribution < -0.4 is 11.1 Å². The van der Waals surface area contributed by atoms with Gasteiger partial charge in [-0.3, -0.25) is 9.48 Å². The Hall–Kier alpha value is -3.43. The van der Waals surface area contributed by atoms with Crippen LogP contribution in [0.4, 0.5) is 33.5 Å². The minimum absolute atomic E-state index is 0.0786. The summed E-state index contributed by atoms with van der Waals surface area (Å²) in [7, 11) is 0. The SMILES string of the molecule is Nc1ccc(C(F)(F)F)c(Cn2ccc(NC(=O)c3c(F)cccc3F)n2)c1. The molecule has 1 heterocycles. The molecule has 146 valence electrons. The van der Waals surface area contributed by atoms with Crippen molar-refractivity contribution in [2.24, 2.45) is 0 Å². The number of aromatic nitrogens is 2. The summed E-state index contributed by atoms with van der Waals surface area (Å²) in [6.45, 7) is -0.274. The maximum atomic E-state index is 13.6. The molecule has 0 bridgehead atoms. The van der Waals surface area contributed by atoms with Gasteiger partial charge in [-0.25, -0.2) is 8.78 Å². The number of nitrogens with two attached hydrogens (primary N) is 1. The van der Waals surface area contributed by atoms with Gasteiger partial charge in [0.05, 0.1) is 12.1 Å². The van der Waals surface area contributed by atoms with E-state index in [1.165, 1.54) is 18.3 Å². The third-order valence-electron chi connectivity index (χ3n) is 3.84. The van der Waals surface area contributed by atoms with Crippen LogP contribution in [0.25, 0.3) is 0 Å². The zero-order valence-corrected chi connectivity index (χ0v) is 14.1. The largest absolute Gasteiger partial charge is 0.416 e. The molecule has 3 N–H and O–H groups in total. The fourth-order valence-corrected chi connectivity index (χ4v) is 2.61. The molecule has 0 aliphatic carbocycles. The van der Waals surface area contributed by atoms with Gasteiger partial charge >= 0.3 is 6.18 Å². The van der Waals surface area contributed by atoms with Crippen molar-refractivity contribution in [1.29, 1.82) is 0 Å². The van der Waals surface area contributed by atoms with Crippen LogP contribution in [0.3, 0.4) is 0 Å². The summed E-state index contributed by atoms with van der Waals surface area (Å²) < 4.78 is 67.8. The van der Waals surface area contributed by atoms with Crippen LogP contribution >= 0.6 is 0 Å². The summed E-state index contributed by atoms with van der Waals surface area (Å²) >= 11 is 0. The maximum absolute atomic E-state index is 13.6. The summed E-state index contributed by atoms with van der Waals surface area (Å²) in [5, 5.41) is 6.12. The van der Waals surface area contributed by atoms with Crippen molar-refractivity contribution >= 4 is 17.4 Å². The molecule has 28 heavy (non-hydrogen) atoms. The number of benzene rings is 2. The van der Waals surface area contributed by atoms with Crippen LogP contribution in [0.15, 0.2) is 48.7 Å². The lowest BCUT2D eigenvalue weighted by Gasteiger charge is -2.13. The number of nitrogen functional groups attached to an aromatic ring is 1. The minimum atomic E-state index is -4.57. The molecular weight excluding hydrogens is 383 g/mol. The van der Waals surface area contributed by atoms with Crippen LogP contribution in [-0.2, 0) is 12.7 Å². The predicted octanol–water partition coefficient (Wildman–Crippen LogP) is 4.06. The maximum Gasteiger partial charge on any atom is 0.416 e. The van der Waals surface area contributed by atoms with Crippen molar-refractivity contribution in [3.05, 3.63) is 77.0 Å². The molecule has 0 saturated heterocycles. The lowest BCUT2D eigenvalue weighted by Crippen LogP contribution is -2.16. The topological polar surface area (TPSA) is 72.9 Å². The Kier molecular flexibility index (Phi) is 5.04. The van der Waals surface area contributed by atoms with E-state index in [1.807, 2.05) is 0 Å². The summed E-state index contributed by atoms with van der Waals surface area (Å²) in [6, 6.07) is 7.44. The predicted molar refractivity (Wildman–Crippen MR) is 91.5 cm³/mol. The number of hydrogen-bond donors (Lipinski definition) is 2. The monoisotopic (exact) mass is 396 g/mol. The van der Waals surface area contributed by atoms with Gasteiger partial charge in [-0.2, -0.15) is 18.3 Å². The Morgan fingerprint density at radius 3 is 2.43 bits per heavy atom. The van der Waals surface area contributed by atoms with Crippen LogP contribution in [0, 0.1) is 11.6 Å². The van der Waals surface area contributed by atoms with Gasteiger partial charge < -0.3 is 11.1 Å². The van der Waals surface area contributed by atoms with Gasteiger partial charge in [-0.1, -0.05) is 6.07 Å². The van der Waals surface area contributed by atoms with Crippen molar-refractivity contribution in [3.63, 3.8) is 0 Å². The zero-order valence-electron chi connectivity index (χ0n) is 14.1. The van der Waals surface area contributed by atoms with Gasteiger partial charge in [0.2, 0.25) is 0 Å². The van der Waals surface area contributed by atoms with Gasteiger partial charge in [-0.15, -0.1) is 0 Å². The number of nitrogens with zero attached hydrogens (tertiary/aromatic N) is 2. The van der Waals surface area contributed by atoms with Crippen molar-refractivity contribution in [3.8, 4) is 0 Å². The van der Waals surface area contributed by atoms with E-state index in [0.717, 1.165) is 35.0 Å². The Morgan fingerprint density at radius 2 is 1.79 bits per heavy atom. The number of carbonyl (C=O) groups is 1. The number of rotatable bonds is 4. The normalized spacial score (nSPS) is 11.5. The number of carbonyl (C=O) groups excluding carboxylic acids is 1. The molecule has 2 aromatic carbocycles. The van der Waals surface area contributed by atoms with Crippen molar-refractivity contribution in [2.75, 3.05) is 11.1 Å². The average molecular weight is 396 g/mol. The van der Waals surface area contributed by atoms with Crippen LogP contribution in [-0.4, -0.2) is 15.7 Å². The zero-order chi connectivity index (χ0) is 20.5. The van der Waals surface area contributed by atoms with E-state index in [4.69, 9.17) is 5.73 Å². The first-order valence-electron chi connectivity index (χ1n) is 7.89. The first-order chi connectivity index (χ1) is 13.1. The Bertz CT molecular complexity index is 1010. The van der Waals surface area contributed by atoms with Crippen molar-refractivity contribution < 1.29 is 26.7 Å². The molecule has 10 heteroatoms. The summed E-state index contributed by atoms with van der Waals surface area (Å²) in [5.74, 6) is -3.25. The molecule has 0 aliphatic rings. The van der Waals surface area contributed by atoms with E-state index in [9.17, 15) is 26.7 Å². The highest BCUT2D eigenvalue weighted by Gasteiger charge is 2.33. The molecule has 3 aromatic rings. The second-order valence-electron chi connectivity index (χ2n) is 5.86. The average Bonchev–Trinajstić information content (AvgIpc) is 3.00. The van der Waals surface area contributed by atoms with E-state index in [0.29, 0.717) is 0 Å². The van der Waals surface area contributed by atoms with Crippen LogP contribution in [0.2, 0.25) is 0 Å². The second kappa shape index (κ2) is 7.29. The van der Waals surface area contributed by atoms with E-state index < -0.39 is 34.8 Å². The lowest BCUT2D eigenvalue weighted by molar-refractivity contribution is -0.138. The molecule has 0 aliphatic heterocycles. The van der Waals surface area contributed by atoms with E-state index >= 15 is 0 Å². The first kappa shape index (κ1) is 19.3. The van der Waals surface area contributed by atoms with E-state index in [1.54, 1.807) is 0 Å². The second-order valence-corrected chi connectivity index (χ2v) is 5.86. The molecule has 0 unspecified atom stereocenters. The third kappa shape index (κ3) is 4.11. The molecule has 0 radical (unpaired) electrons. The summed E-state index contributed by atoms with van der Waals surface area (Å²) in [6.07, 6.45) is -3.26. The first-order valence-corrected chi connectivity index (χ1v) is 7.89. The molecule has 1 aromatic heterocycles. The molecule has 0 saturated carbocycles. The molecule has 0 fully saturated rings. The molecule has 3 rings (SSSR count). The Balaban J connectivity index is 1.81. The van der Waals surface area contributed by atoms with Crippen LogP contribution in [0.5, 0.6) is 0 Å². The summed E-state index contributed by atoms with van der Waals surface area (Å²) in [4.78, 5) is 12.0. The number of anilines is 2. The van der Waals surface area contributed by atoms with E-state index in [-0.39, 0.29) is 23.6 Å². The molecular formula is C18H13F5N4O. The van der Waals surface area contributed by atoms with Gasteiger partial charge in [0, 0.05) is 18.0 Å². The molecule has 0 spiro atoms. The minimum Gasteiger partial charge on any atom is -0.399 e. The third-order valence-corrected chi connectivity index (χ3v) is 3.84. The Morgan fingerprint density at radius 1 is 1.11 bits per heavy atom. The van der Waals surface area contributed by atoms with Gasteiger partial charge in [0.25, 0.3) is 5.91 Å². The quantitative estimate of drug-likeness (QED) is 0.516. The number of amides is 1. The Labute approximate surface area is 155 Å². The van der Waals surface area contributed by atoms with Gasteiger partial charge in [0.15, 0.2) is 5.82 Å². The summed E-state index contributed by atoms with van der Waals surface area (Å²) in [5.41, 5.74) is 3.95. The van der Waals surface area contributed by atoms with E-state index in [2.05, 4.69) is 10.4 Å². The van der Waals surface area contributed by atoms with Gasteiger partial charge in [-0.05, 0) is 35.9 Å².